The minimum absolute atomic E-state index is 0.112. The summed E-state index contributed by atoms with van der Waals surface area (Å²) in [6, 6.07) is 5.02. The van der Waals surface area contributed by atoms with Crippen molar-refractivity contribution in [3.8, 4) is 22.6 Å². The van der Waals surface area contributed by atoms with Crippen LogP contribution in [0.5, 0.6) is 11.5 Å². The molecule has 10 heteroatoms. The van der Waals surface area contributed by atoms with Crippen molar-refractivity contribution in [2.24, 2.45) is 0 Å². The van der Waals surface area contributed by atoms with Gasteiger partial charge >= 0.3 is 5.97 Å². The fourth-order valence-electron chi connectivity index (χ4n) is 6.05. The van der Waals surface area contributed by atoms with E-state index >= 15 is 4.39 Å². The molecule has 3 aromatic carbocycles. The number of amides is 1. The maximum absolute atomic E-state index is 15.6. The van der Waals surface area contributed by atoms with Gasteiger partial charge in [0.05, 0.1) is 19.3 Å². The van der Waals surface area contributed by atoms with Gasteiger partial charge in [0.15, 0.2) is 29.2 Å². The molecular formula is C33H34F3NO6. The predicted molar refractivity (Wildman–Crippen MR) is 155 cm³/mol. The summed E-state index contributed by atoms with van der Waals surface area (Å²) in [5, 5.41) is 10.4. The second kappa shape index (κ2) is 11.2. The molecule has 0 aliphatic carbocycles. The van der Waals surface area contributed by atoms with Gasteiger partial charge in [-0.15, -0.1) is 0 Å². The molecule has 0 saturated carbocycles. The molecule has 228 valence electrons. The number of fused-ring (bicyclic) bond motifs is 2. The number of nitrogens with zero attached hydrogens (tertiary/aromatic N) is 1. The topological polar surface area (TPSA) is 85.3 Å². The van der Waals surface area contributed by atoms with Gasteiger partial charge < -0.3 is 24.2 Å². The molecule has 7 nitrogen and oxygen atoms in total. The van der Waals surface area contributed by atoms with Crippen molar-refractivity contribution >= 4 is 17.6 Å². The summed E-state index contributed by atoms with van der Waals surface area (Å²) in [6.07, 6.45) is 0.218. The van der Waals surface area contributed by atoms with Gasteiger partial charge in [-0.2, -0.15) is 4.39 Å². The maximum Gasteiger partial charge on any atom is 0.337 e. The number of carbonyl (C=O) groups is 2. The van der Waals surface area contributed by atoms with E-state index in [1.54, 1.807) is 33.8 Å². The highest BCUT2D eigenvalue weighted by Crippen LogP contribution is 2.48. The first-order valence-electron chi connectivity index (χ1n) is 14.1. The Bertz CT molecular complexity index is 1650. The summed E-state index contributed by atoms with van der Waals surface area (Å²) in [5.74, 6) is -4.98. The zero-order valence-corrected chi connectivity index (χ0v) is 25.0. The average Bonchev–Trinajstić information content (AvgIpc) is 3.37. The Balaban J connectivity index is 1.76. The van der Waals surface area contributed by atoms with Gasteiger partial charge in [0, 0.05) is 28.9 Å². The Kier molecular flexibility index (Phi) is 7.94. The first kappa shape index (κ1) is 30.4. The van der Waals surface area contributed by atoms with Crippen LogP contribution < -0.4 is 14.4 Å². The van der Waals surface area contributed by atoms with Crippen molar-refractivity contribution < 1.29 is 42.1 Å². The Morgan fingerprint density at radius 1 is 1.02 bits per heavy atom. The molecule has 0 bridgehead atoms. The molecular weight excluding hydrogens is 563 g/mol. The smallest absolute Gasteiger partial charge is 0.337 e. The molecule has 0 spiro atoms. The van der Waals surface area contributed by atoms with Crippen LogP contribution in [0.2, 0.25) is 0 Å². The van der Waals surface area contributed by atoms with E-state index in [0.29, 0.717) is 64.9 Å². The fraction of sp³-hybridized carbons (Fsp3) is 0.394. The first-order valence-corrected chi connectivity index (χ1v) is 14.1. The van der Waals surface area contributed by atoms with Gasteiger partial charge in [-0.05, 0) is 106 Å². The molecule has 1 amide bonds. The summed E-state index contributed by atoms with van der Waals surface area (Å²) in [5.41, 5.74) is 3.48. The summed E-state index contributed by atoms with van der Waals surface area (Å²) in [6.45, 7) is 9.41. The van der Waals surface area contributed by atoms with Crippen LogP contribution in [-0.4, -0.2) is 42.8 Å². The molecule has 2 aliphatic rings. The third-order valence-corrected chi connectivity index (χ3v) is 7.90. The van der Waals surface area contributed by atoms with Crippen LogP contribution in [0.4, 0.5) is 18.9 Å². The zero-order chi connectivity index (χ0) is 31.4. The van der Waals surface area contributed by atoms with Crippen molar-refractivity contribution in [2.45, 2.75) is 65.6 Å². The van der Waals surface area contributed by atoms with Gasteiger partial charge in [0.25, 0.3) is 5.91 Å². The van der Waals surface area contributed by atoms with Crippen LogP contribution in [0.1, 0.15) is 71.5 Å². The van der Waals surface area contributed by atoms with Gasteiger partial charge in [0.2, 0.25) is 5.82 Å². The van der Waals surface area contributed by atoms with E-state index in [9.17, 15) is 23.5 Å². The van der Waals surface area contributed by atoms with Crippen molar-refractivity contribution in [1.29, 1.82) is 0 Å². The third kappa shape index (κ3) is 5.44. The highest BCUT2D eigenvalue weighted by molar-refractivity contribution is 6.08. The number of aliphatic carboxylic acids is 1. The van der Waals surface area contributed by atoms with Crippen molar-refractivity contribution in [2.75, 3.05) is 25.2 Å². The average molecular weight is 598 g/mol. The van der Waals surface area contributed by atoms with Crippen molar-refractivity contribution in [1.82, 2.24) is 0 Å². The molecule has 2 heterocycles. The van der Waals surface area contributed by atoms with E-state index < -0.39 is 46.8 Å². The lowest BCUT2D eigenvalue weighted by atomic mass is 9.83. The fourth-order valence-corrected chi connectivity index (χ4v) is 6.05. The van der Waals surface area contributed by atoms with Crippen LogP contribution in [0.15, 0.2) is 24.3 Å². The minimum Gasteiger partial charge on any atom is -0.494 e. The van der Waals surface area contributed by atoms with E-state index in [1.165, 1.54) is 18.1 Å². The summed E-state index contributed by atoms with van der Waals surface area (Å²) >= 11 is 0. The highest BCUT2D eigenvalue weighted by atomic mass is 19.2. The molecule has 1 N–H and O–H groups in total. The number of carboxylic acid groups (broad SMARTS) is 1. The number of benzene rings is 3. The molecule has 0 aromatic heterocycles. The van der Waals surface area contributed by atoms with Gasteiger partial charge in [-0.3, -0.25) is 4.79 Å². The molecule has 3 aromatic rings. The number of methoxy groups -OCH3 is 1. The number of carboxylic acids is 1. The van der Waals surface area contributed by atoms with Crippen molar-refractivity contribution in [3.05, 3.63) is 75.1 Å². The molecule has 0 radical (unpaired) electrons. The van der Waals surface area contributed by atoms with E-state index in [4.69, 9.17) is 14.2 Å². The van der Waals surface area contributed by atoms with Gasteiger partial charge in [0.1, 0.15) is 0 Å². The molecule has 0 saturated heterocycles. The third-order valence-electron chi connectivity index (χ3n) is 7.90. The van der Waals surface area contributed by atoms with E-state index in [-0.39, 0.29) is 17.9 Å². The van der Waals surface area contributed by atoms with E-state index in [0.717, 1.165) is 17.7 Å². The number of ether oxygens (including phenoxy) is 3. The number of hydrogen-bond acceptors (Lipinski definition) is 5. The van der Waals surface area contributed by atoms with Crippen LogP contribution in [-0.2, 0) is 22.4 Å². The van der Waals surface area contributed by atoms with Crippen LogP contribution in [0.25, 0.3) is 11.1 Å². The zero-order valence-electron chi connectivity index (χ0n) is 25.0. The lowest BCUT2D eigenvalue weighted by Crippen LogP contribution is -2.30. The van der Waals surface area contributed by atoms with Crippen LogP contribution >= 0.6 is 0 Å². The Morgan fingerprint density at radius 3 is 2.40 bits per heavy atom. The van der Waals surface area contributed by atoms with Crippen molar-refractivity contribution in [3.63, 3.8) is 0 Å². The molecule has 5 rings (SSSR count). The summed E-state index contributed by atoms with van der Waals surface area (Å²) < 4.78 is 60.7. The minimum atomic E-state index is -1.39. The lowest BCUT2D eigenvalue weighted by molar-refractivity contribution is -0.160. The second-order valence-corrected chi connectivity index (χ2v) is 11.9. The Morgan fingerprint density at radius 2 is 1.74 bits per heavy atom. The number of rotatable bonds is 6. The Labute approximate surface area is 248 Å². The van der Waals surface area contributed by atoms with E-state index in [2.05, 4.69) is 0 Å². The highest BCUT2D eigenvalue weighted by Gasteiger charge is 2.37. The quantitative estimate of drug-likeness (QED) is 0.334. The summed E-state index contributed by atoms with van der Waals surface area (Å²) in [4.78, 5) is 27.9. The first-order chi connectivity index (χ1) is 20.2. The molecule has 2 aliphatic heterocycles. The van der Waals surface area contributed by atoms with Gasteiger partial charge in [-0.25, -0.2) is 13.6 Å². The summed E-state index contributed by atoms with van der Waals surface area (Å²) in [7, 11) is 1.18. The number of anilines is 1. The molecule has 1 atom stereocenters. The van der Waals surface area contributed by atoms with Crippen LogP contribution in [0, 0.1) is 31.3 Å². The number of hydrogen-bond donors (Lipinski definition) is 1. The second-order valence-electron chi connectivity index (χ2n) is 11.9. The molecule has 1 unspecified atom stereocenters. The Hall–Kier alpha value is -4.05. The monoisotopic (exact) mass is 597 g/mol. The molecule has 43 heavy (non-hydrogen) atoms. The van der Waals surface area contributed by atoms with E-state index in [1.807, 2.05) is 6.92 Å². The predicted octanol–water partition coefficient (Wildman–Crippen LogP) is 6.87. The number of aryl methyl sites for hydroxylation is 1. The normalized spacial score (nSPS) is 15.0. The molecule has 0 fully saturated rings. The SMILES string of the molecule is COc1cc(C(=O)N2CCc3c2cc(C)c(C(OC(C)(C)C)C(=O)O)c3-c2cc(F)c3c(c2C)CCCO3)cc(F)c1F. The lowest BCUT2D eigenvalue weighted by Gasteiger charge is -2.30. The standard InChI is InChI=1S/C33H34F3NO6/c1-16-12-24-20(9-10-37(24)31(38)18-13-22(34)28(36)25(14-18)41-6)27(26(16)30(32(39)40)43-33(3,4)5)21-15-23(35)29-19(17(21)2)8-7-11-42-29/h12-15,30H,7-11H2,1-6H3,(H,39,40). The number of carbonyl (C=O) groups excluding carboxylic acids is 1. The number of halogens is 3. The maximum atomic E-state index is 15.6. The largest absolute Gasteiger partial charge is 0.494 e. The van der Waals surface area contributed by atoms with Gasteiger partial charge in [-0.1, -0.05) is 0 Å². The van der Waals surface area contributed by atoms with Crippen LogP contribution in [0.3, 0.4) is 0 Å².